The third kappa shape index (κ3) is 3.99. The Morgan fingerprint density at radius 3 is 2.68 bits per heavy atom. The summed E-state index contributed by atoms with van der Waals surface area (Å²) in [7, 11) is 1.97. The zero-order valence-electron chi connectivity index (χ0n) is 10.8. The average Bonchev–Trinajstić information content (AvgIpc) is 2.38. The van der Waals surface area contributed by atoms with Crippen molar-refractivity contribution >= 4 is 39.3 Å². The van der Waals surface area contributed by atoms with Crippen LogP contribution in [0.25, 0.3) is 0 Å². The minimum Gasteiger partial charge on any atom is -0.313 e. The number of halogens is 2. The highest BCUT2D eigenvalue weighted by molar-refractivity contribution is 9.10. The molecule has 0 bridgehead atoms. The smallest absolute Gasteiger partial charge is 0.0417 e. The summed E-state index contributed by atoms with van der Waals surface area (Å²) in [4.78, 5) is 2.38. The van der Waals surface area contributed by atoms with Crippen molar-refractivity contribution in [2.75, 3.05) is 7.05 Å². The highest BCUT2D eigenvalue weighted by Crippen LogP contribution is 2.35. The Kier molecular flexibility index (Phi) is 5.34. The molecule has 2 aromatic rings. The summed E-state index contributed by atoms with van der Waals surface area (Å²) in [5.41, 5.74) is 1.29. The van der Waals surface area contributed by atoms with Gasteiger partial charge < -0.3 is 5.32 Å². The van der Waals surface area contributed by atoms with Gasteiger partial charge in [-0.25, -0.2) is 0 Å². The van der Waals surface area contributed by atoms with Crippen LogP contribution in [0.3, 0.4) is 0 Å². The number of hydrogen-bond acceptors (Lipinski definition) is 2. The van der Waals surface area contributed by atoms with E-state index < -0.39 is 0 Å². The van der Waals surface area contributed by atoms with E-state index in [4.69, 9.17) is 11.6 Å². The molecule has 0 saturated carbocycles. The van der Waals surface area contributed by atoms with Crippen LogP contribution in [-0.2, 0) is 0 Å². The number of rotatable bonds is 4. The van der Waals surface area contributed by atoms with E-state index in [1.54, 1.807) is 11.8 Å². The van der Waals surface area contributed by atoms with Crippen LogP contribution in [0, 0.1) is 0 Å². The number of hydrogen-bond donors (Lipinski definition) is 1. The van der Waals surface area contributed by atoms with Gasteiger partial charge in [0.25, 0.3) is 0 Å². The zero-order chi connectivity index (χ0) is 13.8. The van der Waals surface area contributed by atoms with Crippen molar-refractivity contribution in [2.24, 2.45) is 0 Å². The molecule has 0 amide bonds. The lowest BCUT2D eigenvalue weighted by Gasteiger charge is -2.16. The van der Waals surface area contributed by atoms with Crippen LogP contribution in [0.15, 0.2) is 56.7 Å². The summed E-state index contributed by atoms with van der Waals surface area (Å²) in [5, 5.41) is 4.05. The third-order valence-electron chi connectivity index (χ3n) is 2.90. The van der Waals surface area contributed by atoms with E-state index in [0.29, 0.717) is 6.04 Å². The summed E-state index contributed by atoms with van der Waals surface area (Å²) in [6.45, 7) is 2.16. The van der Waals surface area contributed by atoms with Crippen LogP contribution >= 0.6 is 39.3 Å². The molecule has 4 heteroatoms. The van der Waals surface area contributed by atoms with Crippen LogP contribution in [-0.4, -0.2) is 7.05 Å². The molecule has 0 aliphatic heterocycles. The zero-order valence-corrected chi connectivity index (χ0v) is 13.9. The fourth-order valence-corrected chi connectivity index (χ4v) is 3.67. The van der Waals surface area contributed by atoms with E-state index >= 15 is 0 Å². The standard InChI is InChI=1S/C15H15BrClNS/c1-10(18-2)14-7-6-11(16)8-15(14)19-13-5-3-4-12(17)9-13/h3-10,18H,1-2H3. The first kappa shape index (κ1) is 14.9. The van der Waals surface area contributed by atoms with Gasteiger partial charge in [0.15, 0.2) is 0 Å². The Morgan fingerprint density at radius 2 is 2.00 bits per heavy atom. The summed E-state index contributed by atoms with van der Waals surface area (Å²) < 4.78 is 1.09. The molecule has 0 heterocycles. The Labute approximate surface area is 131 Å². The lowest BCUT2D eigenvalue weighted by atomic mass is 10.1. The van der Waals surface area contributed by atoms with Gasteiger partial charge in [0, 0.05) is 25.3 Å². The van der Waals surface area contributed by atoms with Crippen LogP contribution in [0.5, 0.6) is 0 Å². The molecule has 100 valence electrons. The Hall–Kier alpha value is -0.480. The maximum atomic E-state index is 6.04. The van der Waals surface area contributed by atoms with Gasteiger partial charge in [0.2, 0.25) is 0 Å². The lowest BCUT2D eigenvalue weighted by molar-refractivity contribution is 0.641. The van der Waals surface area contributed by atoms with Crippen LogP contribution in [0.1, 0.15) is 18.5 Å². The van der Waals surface area contributed by atoms with Gasteiger partial charge in [-0.1, -0.05) is 51.4 Å². The SMILES string of the molecule is CNC(C)c1ccc(Br)cc1Sc1cccc(Cl)c1. The molecular weight excluding hydrogens is 342 g/mol. The molecule has 2 rings (SSSR count). The maximum Gasteiger partial charge on any atom is 0.0417 e. The topological polar surface area (TPSA) is 12.0 Å². The van der Waals surface area contributed by atoms with E-state index in [1.165, 1.54) is 10.5 Å². The number of nitrogens with one attached hydrogen (secondary N) is 1. The summed E-state index contributed by atoms with van der Waals surface area (Å²) in [6, 6.07) is 14.6. The van der Waals surface area contributed by atoms with E-state index in [-0.39, 0.29) is 0 Å². The van der Waals surface area contributed by atoms with Crippen molar-refractivity contribution in [2.45, 2.75) is 22.8 Å². The van der Waals surface area contributed by atoms with Gasteiger partial charge in [-0.2, -0.15) is 0 Å². The maximum absolute atomic E-state index is 6.04. The summed E-state index contributed by atoms with van der Waals surface area (Å²) in [6.07, 6.45) is 0. The van der Waals surface area contributed by atoms with Crippen LogP contribution < -0.4 is 5.32 Å². The second-order valence-corrected chi connectivity index (χ2v) is 6.72. The Balaban J connectivity index is 2.35. The molecule has 0 aliphatic carbocycles. The first-order valence-corrected chi connectivity index (χ1v) is 7.99. The van der Waals surface area contributed by atoms with E-state index in [9.17, 15) is 0 Å². The first-order chi connectivity index (χ1) is 9.10. The van der Waals surface area contributed by atoms with Gasteiger partial charge in [-0.3, -0.25) is 0 Å². The predicted molar refractivity (Wildman–Crippen MR) is 87.2 cm³/mol. The molecule has 19 heavy (non-hydrogen) atoms. The second-order valence-electron chi connectivity index (χ2n) is 4.25. The van der Waals surface area contributed by atoms with E-state index in [2.05, 4.69) is 52.4 Å². The van der Waals surface area contributed by atoms with Crippen molar-refractivity contribution in [3.63, 3.8) is 0 Å². The van der Waals surface area contributed by atoms with E-state index in [1.807, 2.05) is 25.2 Å². The minimum absolute atomic E-state index is 0.315. The molecule has 1 N–H and O–H groups in total. The molecule has 0 radical (unpaired) electrons. The molecule has 1 atom stereocenters. The molecule has 0 aliphatic rings. The Morgan fingerprint density at radius 1 is 1.21 bits per heavy atom. The van der Waals surface area contributed by atoms with Crippen molar-refractivity contribution in [1.82, 2.24) is 5.32 Å². The summed E-state index contributed by atoms with van der Waals surface area (Å²) in [5.74, 6) is 0. The predicted octanol–water partition coefficient (Wildman–Crippen LogP) is 5.53. The molecular formula is C15H15BrClNS. The van der Waals surface area contributed by atoms with Crippen LogP contribution in [0.4, 0.5) is 0 Å². The van der Waals surface area contributed by atoms with Crippen LogP contribution in [0.2, 0.25) is 5.02 Å². The molecule has 1 nitrogen and oxygen atoms in total. The average molecular weight is 357 g/mol. The molecule has 2 aromatic carbocycles. The van der Waals surface area contributed by atoms with Crippen molar-refractivity contribution < 1.29 is 0 Å². The summed E-state index contributed by atoms with van der Waals surface area (Å²) >= 11 is 11.3. The second kappa shape index (κ2) is 6.80. The van der Waals surface area contributed by atoms with Gasteiger partial charge in [0.1, 0.15) is 0 Å². The lowest BCUT2D eigenvalue weighted by Crippen LogP contribution is -2.13. The molecule has 0 saturated heterocycles. The highest BCUT2D eigenvalue weighted by Gasteiger charge is 2.10. The minimum atomic E-state index is 0.315. The normalized spacial score (nSPS) is 12.4. The number of benzene rings is 2. The molecule has 0 aromatic heterocycles. The van der Waals surface area contributed by atoms with Crippen molar-refractivity contribution in [3.8, 4) is 0 Å². The van der Waals surface area contributed by atoms with Crippen molar-refractivity contribution in [1.29, 1.82) is 0 Å². The monoisotopic (exact) mass is 355 g/mol. The van der Waals surface area contributed by atoms with E-state index in [0.717, 1.165) is 14.4 Å². The fraction of sp³-hybridized carbons (Fsp3) is 0.200. The van der Waals surface area contributed by atoms with Gasteiger partial charge in [-0.15, -0.1) is 0 Å². The highest BCUT2D eigenvalue weighted by atomic mass is 79.9. The molecule has 0 fully saturated rings. The molecule has 1 unspecified atom stereocenters. The molecule has 0 spiro atoms. The third-order valence-corrected chi connectivity index (χ3v) is 4.69. The fourth-order valence-electron chi connectivity index (χ4n) is 1.77. The first-order valence-electron chi connectivity index (χ1n) is 6.00. The largest absolute Gasteiger partial charge is 0.313 e. The van der Waals surface area contributed by atoms with Gasteiger partial charge >= 0.3 is 0 Å². The Bertz CT molecular complexity index is 574. The quantitative estimate of drug-likeness (QED) is 0.772. The van der Waals surface area contributed by atoms with Crippen molar-refractivity contribution in [3.05, 3.63) is 57.5 Å². The van der Waals surface area contributed by atoms with Gasteiger partial charge in [0.05, 0.1) is 0 Å². The van der Waals surface area contributed by atoms with Gasteiger partial charge in [-0.05, 0) is 49.9 Å².